The van der Waals surface area contributed by atoms with Gasteiger partial charge in [-0.2, -0.15) is 0 Å². The highest BCUT2D eigenvalue weighted by atomic mass is 35.5. The van der Waals surface area contributed by atoms with Crippen LogP contribution in [-0.4, -0.2) is 43.0 Å². The van der Waals surface area contributed by atoms with Crippen molar-refractivity contribution in [2.45, 2.75) is 37.6 Å². The van der Waals surface area contributed by atoms with Crippen molar-refractivity contribution in [2.24, 2.45) is 5.73 Å². The standard InChI is InChI=1S/C16H23ClN2O2/c1-12(18)15(13-3-2-4-14(17)11-13)19-7-5-16(6-8-19)20-9-10-21-16/h2-4,11-12,15H,5-10,18H2,1H3. The smallest absolute Gasteiger partial charge is 0.170 e. The zero-order valence-corrected chi connectivity index (χ0v) is 13.2. The van der Waals surface area contributed by atoms with Crippen molar-refractivity contribution in [2.75, 3.05) is 26.3 Å². The summed E-state index contributed by atoms with van der Waals surface area (Å²) < 4.78 is 11.6. The first kappa shape index (κ1) is 15.3. The minimum atomic E-state index is -0.340. The van der Waals surface area contributed by atoms with Gasteiger partial charge in [-0.25, -0.2) is 0 Å². The lowest BCUT2D eigenvalue weighted by atomic mass is 9.95. The Morgan fingerprint density at radius 2 is 1.90 bits per heavy atom. The molecule has 2 N–H and O–H groups in total. The number of hydrogen-bond acceptors (Lipinski definition) is 4. The number of ether oxygens (including phenoxy) is 2. The van der Waals surface area contributed by atoms with Crippen molar-refractivity contribution >= 4 is 11.6 Å². The third-order valence-corrected chi connectivity index (χ3v) is 4.69. The van der Waals surface area contributed by atoms with E-state index in [1.54, 1.807) is 0 Å². The molecular weight excluding hydrogens is 288 g/mol. The fourth-order valence-electron chi connectivity index (χ4n) is 3.47. The van der Waals surface area contributed by atoms with Gasteiger partial charge in [0, 0.05) is 43.0 Å². The van der Waals surface area contributed by atoms with Crippen molar-refractivity contribution in [3.8, 4) is 0 Å². The van der Waals surface area contributed by atoms with Crippen LogP contribution in [-0.2, 0) is 9.47 Å². The third kappa shape index (κ3) is 3.25. The van der Waals surface area contributed by atoms with E-state index >= 15 is 0 Å². The lowest BCUT2D eigenvalue weighted by Crippen LogP contribution is -2.49. The molecule has 0 saturated carbocycles. The van der Waals surface area contributed by atoms with Crippen molar-refractivity contribution in [3.05, 3.63) is 34.9 Å². The van der Waals surface area contributed by atoms with Crippen LogP contribution in [0.1, 0.15) is 31.4 Å². The summed E-state index contributed by atoms with van der Waals surface area (Å²) in [4.78, 5) is 2.42. The van der Waals surface area contributed by atoms with Crippen LogP contribution in [0.4, 0.5) is 0 Å². The maximum atomic E-state index is 6.25. The van der Waals surface area contributed by atoms with Crippen LogP contribution in [0.5, 0.6) is 0 Å². The number of benzene rings is 1. The monoisotopic (exact) mass is 310 g/mol. The van der Waals surface area contributed by atoms with E-state index in [1.165, 1.54) is 5.56 Å². The van der Waals surface area contributed by atoms with E-state index in [0.29, 0.717) is 13.2 Å². The summed E-state index contributed by atoms with van der Waals surface area (Å²) in [5, 5.41) is 0.758. The second kappa shape index (κ2) is 6.23. The molecule has 2 saturated heterocycles. The zero-order chi connectivity index (χ0) is 14.9. The molecule has 1 aromatic rings. The number of likely N-dealkylation sites (tertiary alicyclic amines) is 1. The Morgan fingerprint density at radius 3 is 2.48 bits per heavy atom. The average molecular weight is 311 g/mol. The predicted octanol–water partition coefficient (Wildman–Crippen LogP) is 2.57. The molecule has 5 heteroatoms. The molecule has 0 aliphatic carbocycles. The highest BCUT2D eigenvalue weighted by molar-refractivity contribution is 6.30. The SMILES string of the molecule is CC(N)C(c1cccc(Cl)c1)N1CCC2(CC1)OCCO2. The molecule has 0 bridgehead atoms. The third-order valence-electron chi connectivity index (χ3n) is 4.46. The first-order chi connectivity index (χ1) is 10.1. The molecule has 2 fully saturated rings. The molecule has 2 aliphatic rings. The summed E-state index contributed by atoms with van der Waals surface area (Å²) in [6.07, 6.45) is 1.80. The lowest BCUT2D eigenvalue weighted by Gasteiger charge is -2.42. The fraction of sp³-hybridized carbons (Fsp3) is 0.625. The number of piperidine rings is 1. The van der Waals surface area contributed by atoms with Crippen LogP contribution in [0.3, 0.4) is 0 Å². The molecule has 1 aromatic carbocycles. The van der Waals surface area contributed by atoms with Gasteiger partial charge in [-0.3, -0.25) is 4.90 Å². The van der Waals surface area contributed by atoms with Crippen LogP contribution in [0, 0.1) is 0 Å². The Kier molecular flexibility index (Phi) is 4.52. The van der Waals surface area contributed by atoms with Gasteiger partial charge < -0.3 is 15.2 Å². The van der Waals surface area contributed by atoms with Gasteiger partial charge in [-0.15, -0.1) is 0 Å². The number of rotatable bonds is 3. The Balaban J connectivity index is 1.74. The van der Waals surface area contributed by atoms with E-state index in [0.717, 1.165) is 31.0 Å². The van der Waals surface area contributed by atoms with Crippen LogP contribution < -0.4 is 5.73 Å². The molecule has 0 aromatic heterocycles. The van der Waals surface area contributed by atoms with Gasteiger partial charge in [-0.05, 0) is 24.6 Å². The molecule has 2 unspecified atom stereocenters. The molecule has 1 spiro atoms. The molecule has 2 heterocycles. The number of nitrogens with two attached hydrogens (primary N) is 1. The molecule has 2 atom stereocenters. The highest BCUT2D eigenvalue weighted by Gasteiger charge is 2.41. The molecule has 21 heavy (non-hydrogen) atoms. The molecular formula is C16H23ClN2O2. The van der Waals surface area contributed by atoms with Crippen molar-refractivity contribution in [1.82, 2.24) is 4.90 Å². The summed E-state index contributed by atoms with van der Waals surface area (Å²) in [5.41, 5.74) is 7.43. The highest BCUT2D eigenvalue weighted by Crippen LogP contribution is 2.35. The molecule has 0 radical (unpaired) electrons. The summed E-state index contributed by atoms with van der Waals surface area (Å²) in [7, 11) is 0. The van der Waals surface area contributed by atoms with E-state index in [9.17, 15) is 0 Å². The first-order valence-corrected chi connectivity index (χ1v) is 8.00. The number of nitrogens with zero attached hydrogens (tertiary/aromatic N) is 1. The maximum Gasteiger partial charge on any atom is 0.170 e. The van der Waals surface area contributed by atoms with Gasteiger partial charge in [0.2, 0.25) is 0 Å². The van der Waals surface area contributed by atoms with Gasteiger partial charge in [-0.1, -0.05) is 23.7 Å². The van der Waals surface area contributed by atoms with Crippen LogP contribution in [0.15, 0.2) is 24.3 Å². The Bertz CT molecular complexity index is 479. The summed E-state index contributed by atoms with van der Waals surface area (Å²) >= 11 is 6.13. The molecule has 0 amide bonds. The second-order valence-electron chi connectivity index (χ2n) is 6.00. The Labute approximate surface area is 131 Å². The van der Waals surface area contributed by atoms with E-state index in [4.69, 9.17) is 26.8 Å². The van der Waals surface area contributed by atoms with Crippen LogP contribution >= 0.6 is 11.6 Å². The van der Waals surface area contributed by atoms with Gasteiger partial charge in [0.25, 0.3) is 0 Å². The van der Waals surface area contributed by atoms with Gasteiger partial charge in [0.15, 0.2) is 5.79 Å². The lowest BCUT2D eigenvalue weighted by molar-refractivity contribution is -0.188. The van der Waals surface area contributed by atoms with E-state index in [-0.39, 0.29) is 17.9 Å². The maximum absolute atomic E-state index is 6.25. The quantitative estimate of drug-likeness (QED) is 0.932. The predicted molar refractivity (Wildman–Crippen MR) is 83.3 cm³/mol. The van der Waals surface area contributed by atoms with Crippen molar-refractivity contribution < 1.29 is 9.47 Å². The van der Waals surface area contributed by atoms with Crippen molar-refractivity contribution in [3.63, 3.8) is 0 Å². The normalized spacial score (nSPS) is 25.1. The molecule has 3 rings (SSSR count). The Morgan fingerprint density at radius 1 is 1.24 bits per heavy atom. The molecule has 4 nitrogen and oxygen atoms in total. The van der Waals surface area contributed by atoms with Crippen molar-refractivity contribution in [1.29, 1.82) is 0 Å². The van der Waals surface area contributed by atoms with Crippen LogP contribution in [0.25, 0.3) is 0 Å². The minimum Gasteiger partial charge on any atom is -0.347 e. The molecule has 2 aliphatic heterocycles. The van der Waals surface area contributed by atoms with Gasteiger partial charge >= 0.3 is 0 Å². The van der Waals surface area contributed by atoms with E-state index < -0.39 is 0 Å². The largest absolute Gasteiger partial charge is 0.347 e. The number of halogens is 1. The minimum absolute atomic E-state index is 0.0444. The summed E-state index contributed by atoms with van der Waals surface area (Å²) in [6, 6.07) is 8.23. The summed E-state index contributed by atoms with van der Waals surface area (Å²) in [6.45, 7) is 5.34. The first-order valence-electron chi connectivity index (χ1n) is 7.63. The average Bonchev–Trinajstić information content (AvgIpc) is 2.90. The topological polar surface area (TPSA) is 47.7 Å². The summed E-state index contributed by atoms with van der Waals surface area (Å²) in [5.74, 6) is -0.340. The van der Waals surface area contributed by atoms with Gasteiger partial charge in [0.05, 0.1) is 13.2 Å². The number of hydrogen-bond donors (Lipinski definition) is 1. The Hall–Kier alpha value is -0.650. The van der Waals surface area contributed by atoms with Gasteiger partial charge in [0.1, 0.15) is 0 Å². The van der Waals surface area contributed by atoms with Crippen LogP contribution in [0.2, 0.25) is 5.02 Å². The van der Waals surface area contributed by atoms with E-state index in [2.05, 4.69) is 17.9 Å². The fourth-order valence-corrected chi connectivity index (χ4v) is 3.66. The van der Waals surface area contributed by atoms with E-state index in [1.807, 2.05) is 18.2 Å². The zero-order valence-electron chi connectivity index (χ0n) is 12.4. The molecule has 116 valence electrons. The second-order valence-corrected chi connectivity index (χ2v) is 6.44.